The van der Waals surface area contributed by atoms with E-state index in [1.807, 2.05) is 36.4 Å². The molecular weight excluding hydrogens is 398 g/mol. The SMILES string of the molecule is C=S(=O)(c1ccc2c(O)cnc(N=C(N)N)c2c1)N(CCC)Cc1cccc(C)c1. The Morgan fingerprint density at radius 3 is 2.67 bits per heavy atom. The van der Waals surface area contributed by atoms with Gasteiger partial charge < -0.3 is 16.6 Å². The minimum atomic E-state index is -2.81. The lowest BCUT2D eigenvalue weighted by atomic mass is 10.1. The number of aryl methyl sites for hydroxylation is 1. The molecule has 0 saturated heterocycles. The summed E-state index contributed by atoms with van der Waals surface area (Å²) in [6.07, 6.45) is 2.11. The quantitative estimate of drug-likeness (QED) is 0.305. The number of hydrogen-bond acceptors (Lipinski definition) is 4. The molecule has 8 heteroatoms. The topological polar surface area (TPSA) is 118 Å². The fourth-order valence-corrected chi connectivity index (χ4v) is 5.06. The summed E-state index contributed by atoms with van der Waals surface area (Å²) in [5.41, 5.74) is 13.2. The predicted molar refractivity (Wildman–Crippen MR) is 124 cm³/mol. The maximum Gasteiger partial charge on any atom is 0.192 e. The first-order valence-electron chi connectivity index (χ1n) is 9.61. The first kappa shape index (κ1) is 21.6. The minimum absolute atomic E-state index is 0.00757. The van der Waals surface area contributed by atoms with Crippen molar-refractivity contribution in [3.05, 3.63) is 59.8 Å². The lowest BCUT2D eigenvalue weighted by molar-refractivity contribution is 0.436. The highest BCUT2D eigenvalue weighted by atomic mass is 32.2. The second-order valence-electron chi connectivity index (χ2n) is 7.20. The van der Waals surface area contributed by atoms with Crippen molar-refractivity contribution in [2.75, 3.05) is 6.54 Å². The summed E-state index contributed by atoms with van der Waals surface area (Å²) in [6.45, 7) is 5.20. The van der Waals surface area contributed by atoms with E-state index in [0.717, 1.165) is 17.5 Å². The van der Waals surface area contributed by atoms with Crippen molar-refractivity contribution in [3.8, 4) is 5.75 Å². The Bertz CT molecular complexity index is 1200. The van der Waals surface area contributed by atoms with Gasteiger partial charge in [0, 0.05) is 28.8 Å². The van der Waals surface area contributed by atoms with Crippen molar-refractivity contribution in [1.29, 1.82) is 0 Å². The van der Waals surface area contributed by atoms with E-state index in [-0.39, 0.29) is 17.5 Å². The largest absolute Gasteiger partial charge is 0.506 e. The number of aliphatic imine (C=N–C) groups is 1. The van der Waals surface area contributed by atoms with Crippen LogP contribution in [0.3, 0.4) is 0 Å². The maximum atomic E-state index is 13.9. The summed E-state index contributed by atoms with van der Waals surface area (Å²) < 4.78 is 15.8. The molecule has 0 saturated carbocycles. The number of aromatic nitrogens is 1. The smallest absolute Gasteiger partial charge is 0.192 e. The number of hydrogen-bond donors (Lipinski definition) is 3. The van der Waals surface area contributed by atoms with Gasteiger partial charge in [0.2, 0.25) is 0 Å². The van der Waals surface area contributed by atoms with Crippen molar-refractivity contribution < 1.29 is 9.32 Å². The highest BCUT2D eigenvalue weighted by Gasteiger charge is 2.20. The number of guanidine groups is 1. The van der Waals surface area contributed by atoms with Crippen LogP contribution in [-0.2, 0) is 16.3 Å². The van der Waals surface area contributed by atoms with Crippen molar-refractivity contribution >= 4 is 38.1 Å². The molecular formula is C22H27N5O2S. The van der Waals surface area contributed by atoms with E-state index in [2.05, 4.69) is 21.9 Å². The number of fused-ring (bicyclic) bond motifs is 1. The molecule has 0 fully saturated rings. The summed E-state index contributed by atoms with van der Waals surface area (Å²) in [5, 5.41) is 11.2. The molecule has 158 valence electrons. The summed E-state index contributed by atoms with van der Waals surface area (Å²) in [5.74, 6) is 4.18. The molecule has 7 nitrogen and oxygen atoms in total. The van der Waals surface area contributed by atoms with Gasteiger partial charge in [0.05, 0.1) is 15.9 Å². The van der Waals surface area contributed by atoms with E-state index >= 15 is 0 Å². The van der Waals surface area contributed by atoms with Crippen LogP contribution in [0, 0.1) is 6.92 Å². The Balaban J connectivity index is 2.09. The molecule has 0 bridgehead atoms. The number of nitrogens with two attached hydrogens (primary N) is 2. The van der Waals surface area contributed by atoms with Crippen molar-refractivity contribution in [1.82, 2.24) is 9.29 Å². The zero-order chi connectivity index (χ0) is 21.9. The first-order chi connectivity index (χ1) is 14.2. The normalized spacial score (nSPS) is 13.3. The molecule has 0 aliphatic carbocycles. The van der Waals surface area contributed by atoms with Crippen molar-refractivity contribution in [2.45, 2.75) is 31.7 Å². The Kier molecular flexibility index (Phi) is 6.28. The van der Waals surface area contributed by atoms with E-state index in [1.54, 1.807) is 18.2 Å². The molecule has 3 rings (SSSR count). The summed E-state index contributed by atoms with van der Waals surface area (Å²) in [6, 6.07) is 13.2. The monoisotopic (exact) mass is 425 g/mol. The van der Waals surface area contributed by atoms with E-state index in [0.29, 0.717) is 28.8 Å². The third kappa shape index (κ3) is 4.55. The zero-order valence-corrected chi connectivity index (χ0v) is 18.0. The van der Waals surface area contributed by atoms with Gasteiger partial charge in [-0.25, -0.2) is 13.5 Å². The highest BCUT2D eigenvalue weighted by Crippen LogP contribution is 2.33. The molecule has 5 N–H and O–H groups in total. The van der Waals surface area contributed by atoms with Gasteiger partial charge >= 0.3 is 0 Å². The van der Waals surface area contributed by atoms with Gasteiger partial charge in [-0.15, -0.1) is 0 Å². The number of pyridine rings is 1. The second kappa shape index (κ2) is 8.73. The number of benzene rings is 2. The molecule has 2 aromatic carbocycles. The van der Waals surface area contributed by atoms with Gasteiger partial charge in [-0.3, -0.25) is 0 Å². The number of rotatable bonds is 7. The van der Waals surface area contributed by atoms with Crippen LogP contribution in [0.2, 0.25) is 0 Å². The second-order valence-corrected chi connectivity index (χ2v) is 9.47. The Hall–Kier alpha value is -3.10. The third-order valence-electron chi connectivity index (χ3n) is 4.75. The van der Waals surface area contributed by atoms with Gasteiger partial charge in [-0.05, 0) is 43.0 Å². The first-order valence-corrected chi connectivity index (χ1v) is 11.3. The Morgan fingerprint density at radius 1 is 1.23 bits per heavy atom. The van der Waals surface area contributed by atoms with Crippen LogP contribution in [0.1, 0.15) is 24.5 Å². The van der Waals surface area contributed by atoms with Crippen LogP contribution in [0.5, 0.6) is 5.75 Å². The fraction of sp³-hybridized carbons (Fsp3) is 0.227. The van der Waals surface area contributed by atoms with E-state index in [9.17, 15) is 9.32 Å². The average Bonchev–Trinajstić information content (AvgIpc) is 2.69. The minimum Gasteiger partial charge on any atom is -0.506 e. The van der Waals surface area contributed by atoms with E-state index < -0.39 is 9.71 Å². The number of nitrogens with zero attached hydrogens (tertiary/aromatic N) is 3. The van der Waals surface area contributed by atoms with E-state index in [1.165, 1.54) is 6.20 Å². The molecule has 0 amide bonds. The molecule has 0 radical (unpaired) electrons. The van der Waals surface area contributed by atoms with Crippen LogP contribution >= 0.6 is 0 Å². The summed E-state index contributed by atoms with van der Waals surface area (Å²) in [7, 11) is -2.81. The maximum absolute atomic E-state index is 13.9. The Labute approximate surface area is 177 Å². The van der Waals surface area contributed by atoms with Crippen molar-refractivity contribution in [3.63, 3.8) is 0 Å². The zero-order valence-electron chi connectivity index (χ0n) is 17.2. The predicted octanol–water partition coefficient (Wildman–Crippen LogP) is 3.06. The Morgan fingerprint density at radius 2 is 2.00 bits per heavy atom. The molecule has 0 spiro atoms. The molecule has 1 unspecified atom stereocenters. The molecule has 30 heavy (non-hydrogen) atoms. The summed E-state index contributed by atoms with van der Waals surface area (Å²) >= 11 is 0. The molecule has 1 atom stereocenters. The van der Waals surface area contributed by atoms with Crippen LogP contribution in [-0.4, -0.2) is 37.0 Å². The average molecular weight is 426 g/mol. The molecule has 0 aliphatic heterocycles. The molecule has 3 aromatic rings. The van der Waals surface area contributed by atoms with Gasteiger partial charge in [0.1, 0.15) is 5.75 Å². The lowest BCUT2D eigenvalue weighted by Gasteiger charge is -2.26. The highest BCUT2D eigenvalue weighted by molar-refractivity contribution is 7.98. The van der Waals surface area contributed by atoms with Crippen LogP contribution in [0.25, 0.3) is 10.8 Å². The third-order valence-corrected chi connectivity index (χ3v) is 6.89. The van der Waals surface area contributed by atoms with Gasteiger partial charge in [-0.1, -0.05) is 36.8 Å². The van der Waals surface area contributed by atoms with Crippen LogP contribution in [0.4, 0.5) is 5.82 Å². The number of aromatic hydroxyl groups is 1. The molecule has 0 aliphatic rings. The standard InChI is InChI=1S/C22H27N5O2S/c1-4-10-27(14-16-7-5-6-15(2)11-16)30(3,29)17-8-9-18-19(12-17)21(26-22(23)24)25-13-20(18)28/h5-9,11-13,28H,3-4,10,14H2,1-2H3,(H4,23,24,25,26). The van der Waals surface area contributed by atoms with Crippen molar-refractivity contribution in [2.24, 2.45) is 16.5 Å². The fourth-order valence-electron chi connectivity index (χ4n) is 3.35. The molecule has 1 aromatic heterocycles. The molecule has 1 heterocycles. The van der Waals surface area contributed by atoms with Gasteiger partial charge in [-0.2, -0.15) is 4.99 Å². The summed E-state index contributed by atoms with van der Waals surface area (Å²) in [4.78, 5) is 8.66. The van der Waals surface area contributed by atoms with Gasteiger partial charge in [0.25, 0.3) is 0 Å². The van der Waals surface area contributed by atoms with Crippen LogP contribution < -0.4 is 11.5 Å². The lowest BCUT2D eigenvalue weighted by Crippen LogP contribution is -2.31. The van der Waals surface area contributed by atoms with E-state index in [4.69, 9.17) is 11.5 Å². The van der Waals surface area contributed by atoms with Crippen LogP contribution in [0.15, 0.2) is 58.5 Å². The van der Waals surface area contributed by atoms with Gasteiger partial charge in [0.15, 0.2) is 11.8 Å².